The van der Waals surface area contributed by atoms with Gasteiger partial charge in [0.15, 0.2) is 0 Å². The van der Waals surface area contributed by atoms with Gasteiger partial charge in [0.2, 0.25) is 0 Å². The van der Waals surface area contributed by atoms with Crippen molar-refractivity contribution in [2.75, 3.05) is 19.6 Å². The van der Waals surface area contributed by atoms with E-state index in [9.17, 15) is 0 Å². The zero-order chi connectivity index (χ0) is 12.6. The number of nitrogens with zero attached hydrogens (tertiary/aromatic N) is 1. The van der Waals surface area contributed by atoms with E-state index in [1.807, 2.05) is 0 Å². The zero-order valence-electron chi connectivity index (χ0n) is 11.4. The van der Waals surface area contributed by atoms with E-state index in [-0.39, 0.29) is 0 Å². The summed E-state index contributed by atoms with van der Waals surface area (Å²) in [6, 6.07) is 9.10. The van der Waals surface area contributed by atoms with E-state index in [4.69, 9.17) is 5.73 Å². The molecule has 2 N–H and O–H groups in total. The molecule has 0 saturated carbocycles. The van der Waals surface area contributed by atoms with Gasteiger partial charge in [-0.25, -0.2) is 0 Å². The number of benzene rings is 1. The lowest BCUT2D eigenvalue weighted by atomic mass is 10.0. The molecular formula is C16H26N2. The second kappa shape index (κ2) is 7.55. The molecule has 1 fully saturated rings. The first kappa shape index (κ1) is 13.6. The summed E-state index contributed by atoms with van der Waals surface area (Å²) >= 11 is 0. The Morgan fingerprint density at radius 2 is 1.78 bits per heavy atom. The Hall–Kier alpha value is -0.860. The SMILES string of the molecule is NCCCCc1cccc(CN2CCCCC2)c1. The molecule has 2 nitrogen and oxygen atoms in total. The molecule has 1 aliphatic heterocycles. The van der Waals surface area contributed by atoms with Gasteiger partial charge < -0.3 is 5.73 Å². The molecule has 0 radical (unpaired) electrons. The van der Waals surface area contributed by atoms with Crippen molar-refractivity contribution in [3.8, 4) is 0 Å². The average molecular weight is 246 g/mol. The molecule has 0 atom stereocenters. The highest BCUT2D eigenvalue weighted by Gasteiger charge is 2.10. The van der Waals surface area contributed by atoms with E-state index in [0.717, 1.165) is 19.5 Å². The van der Waals surface area contributed by atoms with Gasteiger partial charge in [0.05, 0.1) is 0 Å². The lowest BCUT2D eigenvalue weighted by Crippen LogP contribution is -2.29. The zero-order valence-corrected chi connectivity index (χ0v) is 11.4. The fourth-order valence-corrected chi connectivity index (χ4v) is 2.73. The second-order valence-corrected chi connectivity index (χ2v) is 5.40. The number of hydrogen-bond donors (Lipinski definition) is 1. The Balaban J connectivity index is 1.85. The fraction of sp³-hybridized carbons (Fsp3) is 0.625. The maximum Gasteiger partial charge on any atom is 0.0233 e. The van der Waals surface area contributed by atoms with Crippen LogP contribution in [0, 0.1) is 0 Å². The van der Waals surface area contributed by atoms with Crippen LogP contribution in [0.5, 0.6) is 0 Å². The molecule has 0 aliphatic carbocycles. The minimum absolute atomic E-state index is 0.813. The molecule has 1 saturated heterocycles. The number of aryl methyl sites for hydroxylation is 1. The quantitative estimate of drug-likeness (QED) is 0.782. The Morgan fingerprint density at radius 1 is 1.00 bits per heavy atom. The van der Waals surface area contributed by atoms with Crippen molar-refractivity contribution in [2.45, 2.75) is 45.1 Å². The van der Waals surface area contributed by atoms with Crippen molar-refractivity contribution < 1.29 is 0 Å². The van der Waals surface area contributed by atoms with Crippen LogP contribution in [0.15, 0.2) is 24.3 Å². The first-order valence-electron chi connectivity index (χ1n) is 7.39. The van der Waals surface area contributed by atoms with E-state index < -0.39 is 0 Å². The average Bonchev–Trinajstić information content (AvgIpc) is 2.41. The van der Waals surface area contributed by atoms with Crippen LogP contribution in [0.3, 0.4) is 0 Å². The van der Waals surface area contributed by atoms with E-state index >= 15 is 0 Å². The molecule has 0 amide bonds. The molecule has 2 heteroatoms. The molecule has 18 heavy (non-hydrogen) atoms. The number of likely N-dealkylation sites (tertiary alicyclic amines) is 1. The highest BCUT2D eigenvalue weighted by atomic mass is 15.1. The topological polar surface area (TPSA) is 29.3 Å². The minimum Gasteiger partial charge on any atom is -0.330 e. The van der Waals surface area contributed by atoms with Gasteiger partial charge in [-0.15, -0.1) is 0 Å². The van der Waals surface area contributed by atoms with Crippen molar-refractivity contribution in [1.82, 2.24) is 4.90 Å². The van der Waals surface area contributed by atoms with E-state index in [0.29, 0.717) is 0 Å². The van der Waals surface area contributed by atoms with Crippen LogP contribution >= 0.6 is 0 Å². The first-order chi connectivity index (χ1) is 8.88. The fourth-order valence-electron chi connectivity index (χ4n) is 2.73. The van der Waals surface area contributed by atoms with Crippen molar-refractivity contribution in [3.05, 3.63) is 35.4 Å². The normalized spacial score (nSPS) is 16.9. The number of piperidine rings is 1. The van der Waals surface area contributed by atoms with Crippen LogP contribution in [-0.2, 0) is 13.0 Å². The van der Waals surface area contributed by atoms with E-state index in [1.165, 1.54) is 56.3 Å². The number of rotatable bonds is 6. The van der Waals surface area contributed by atoms with Crippen LogP contribution in [-0.4, -0.2) is 24.5 Å². The number of unbranched alkanes of at least 4 members (excludes halogenated alkanes) is 1. The van der Waals surface area contributed by atoms with Crippen LogP contribution in [0.2, 0.25) is 0 Å². The molecule has 0 aromatic heterocycles. The lowest BCUT2D eigenvalue weighted by molar-refractivity contribution is 0.221. The van der Waals surface area contributed by atoms with Crippen LogP contribution in [0.4, 0.5) is 0 Å². The van der Waals surface area contributed by atoms with Gasteiger partial charge >= 0.3 is 0 Å². The maximum absolute atomic E-state index is 5.54. The molecule has 1 aromatic rings. The molecule has 1 heterocycles. The molecule has 2 rings (SSSR count). The van der Waals surface area contributed by atoms with Crippen molar-refractivity contribution in [3.63, 3.8) is 0 Å². The molecule has 1 aliphatic rings. The molecular weight excluding hydrogens is 220 g/mol. The summed E-state index contributed by atoms with van der Waals surface area (Å²) in [6.07, 6.45) is 7.67. The van der Waals surface area contributed by atoms with E-state index in [2.05, 4.69) is 29.2 Å². The monoisotopic (exact) mass is 246 g/mol. The van der Waals surface area contributed by atoms with E-state index in [1.54, 1.807) is 0 Å². The largest absolute Gasteiger partial charge is 0.330 e. The predicted molar refractivity (Wildman–Crippen MR) is 77.6 cm³/mol. The molecule has 1 aromatic carbocycles. The van der Waals surface area contributed by atoms with Gasteiger partial charge in [-0.05, 0) is 62.9 Å². The molecule has 0 spiro atoms. The first-order valence-corrected chi connectivity index (χ1v) is 7.39. The van der Waals surface area contributed by atoms with Gasteiger partial charge in [-0.2, -0.15) is 0 Å². The highest BCUT2D eigenvalue weighted by molar-refractivity contribution is 5.23. The summed E-state index contributed by atoms with van der Waals surface area (Å²) in [5, 5.41) is 0. The Morgan fingerprint density at radius 3 is 2.56 bits per heavy atom. The lowest BCUT2D eigenvalue weighted by Gasteiger charge is -2.26. The van der Waals surface area contributed by atoms with Gasteiger partial charge in [-0.3, -0.25) is 4.90 Å². The Labute approximate surface area is 111 Å². The number of nitrogens with two attached hydrogens (primary N) is 1. The van der Waals surface area contributed by atoms with Crippen molar-refractivity contribution >= 4 is 0 Å². The van der Waals surface area contributed by atoms with Crippen LogP contribution in [0.25, 0.3) is 0 Å². The smallest absolute Gasteiger partial charge is 0.0233 e. The summed E-state index contributed by atoms with van der Waals surface area (Å²) < 4.78 is 0. The Kier molecular flexibility index (Phi) is 5.69. The highest BCUT2D eigenvalue weighted by Crippen LogP contribution is 2.15. The van der Waals surface area contributed by atoms with Crippen LogP contribution < -0.4 is 5.73 Å². The summed E-state index contributed by atoms with van der Waals surface area (Å²) in [4.78, 5) is 2.59. The Bertz CT molecular complexity index is 343. The van der Waals surface area contributed by atoms with Gasteiger partial charge in [0.1, 0.15) is 0 Å². The molecule has 0 bridgehead atoms. The van der Waals surface area contributed by atoms with Crippen LogP contribution in [0.1, 0.15) is 43.2 Å². The molecule has 0 unspecified atom stereocenters. The van der Waals surface area contributed by atoms with Gasteiger partial charge in [0.25, 0.3) is 0 Å². The third-order valence-electron chi connectivity index (χ3n) is 3.77. The third-order valence-corrected chi connectivity index (χ3v) is 3.77. The summed E-state index contributed by atoms with van der Waals surface area (Å²) in [5.74, 6) is 0. The second-order valence-electron chi connectivity index (χ2n) is 5.40. The van der Waals surface area contributed by atoms with Crippen molar-refractivity contribution in [2.24, 2.45) is 5.73 Å². The predicted octanol–water partition coefficient (Wildman–Crippen LogP) is 2.95. The minimum atomic E-state index is 0.813. The third kappa shape index (κ3) is 4.43. The van der Waals surface area contributed by atoms with Crippen molar-refractivity contribution in [1.29, 1.82) is 0 Å². The summed E-state index contributed by atoms with van der Waals surface area (Å²) in [7, 11) is 0. The maximum atomic E-state index is 5.54. The molecule has 100 valence electrons. The standard InChI is InChI=1S/C16H26N2/c17-10-3-2-7-15-8-6-9-16(13-15)14-18-11-4-1-5-12-18/h6,8-9,13H,1-5,7,10-12,14,17H2. The van der Waals surface area contributed by atoms with Gasteiger partial charge in [-0.1, -0.05) is 30.7 Å². The summed E-state index contributed by atoms with van der Waals surface area (Å²) in [6.45, 7) is 4.49. The number of hydrogen-bond acceptors (Lipinski definition) is 2. The summed E-state index contributed by atoms with van der Waals surface area (Å²) in [5.41, 5.74) is 8.48. The van der Waals surface area contributed by atoms with Gasteiger partial charge in [0, 0.05) is 6.54 Å².